The summed E-state index contributed by atoms with van der Waals surface area (Å²) in [7, 11) is -3.37. The van der Waals surface area contributed by atoms with E-state index in [9.17, 15) is 8.42 Å². The van der Waals surface area contributed by atoms with Gasteiger partial charge in [0.2, 0.25) is 16.0 Å². The van der Waals surface area contributed by atoms with Crippen molar-refractivity contribution in [3.05, 3.63) is 36.7 Å². The summed E-state index contributed by atoms with van der Waals surface area (Å²) in [6.45, 7) is 1.24. The van der Waals surface area contributed by atoms with Crippen molar-refractivity contribution in [2.24, 2.45) is 0 Å². The summed E-state index contributed by atoms with van der Waals surface area (Å²) in [6, 6.07) is 7.49. The Hall–Kier alpha value is -1.99. The van der Waals surface area contributed by atoms with Crippen LogP contribution in [-0.2, 0) is 10.0 Å². The monoisotopic (exact) mass is 386 g/mol. The summed E-state index contributed by atoms with van der Waals surface area (Å²) in [4.78, 5) is 9.22. The summed E-state index contributed by atoms with van der Waals surface area (Å²) >= 11 is 0. The third-order valence-electron chi connectivity index (χ3n) is 5.48. The van der Waals surface area contributed by atoms with Gasteiger partial charge in [-0.15, -0.1) is 0 Å². The molecule has 0 spiro atoms. The van der Waals surface area contributed by atoms with Gasteiger partial charge in [-0.1, -0.05) is 31.4 Å². The lowest BCUT2D eigenvalue weighted by Crippen LogP contribution is -2.27. The van der Waals surface area contributed by atoms with E-state index in [-0.39, 0.29) is 0 Å². The van der Waals surface area contributed by atoms with E-state index in [0.29, 0.717) is 30.0 Å². The van der Waals surface area contributed by atoms with Crippen LogP contribution in [0.15, 0.2) is 41.6 Å². The van der Waals surface area contributed by atoms with Gasteiger partial charge in [-0.05, 0) is 43.4 Å². The minimum absolute atomic E-state index is 0.352. The lowest BCUT2D eigenvalue weighted by molar-refractivity contribution is 0.461. The van der Waals surface area contributed by atoms with Crippen LogP contribution in [0.3, 0.4) is 0 Å². The lowest BCUT2D eigenvalue weighted by atomic mass is 9.96. The molecule has 2 aliphatic rings. The van der Waals surface area contributed by atoms with Crippen molar-refractivity contribution in [2.75, 3.05) is 18.4 Å². The molecule has 0 bridgehead atoms. The molecule has 2 aromatic rings. The van der Waals surface area contributed by atoms with E-state index in [1.54, 1.807) is 28.8 Å². The molecule has 1 aromatic carbocycles. The van der Waals surface area contributed by atoms with Crippen molar-refractivity contribution >= 4 is 16.0 Å². The van der Waals surface area contributed by atoms with Crippen LogP contribution in [0.1, 0.15) is 44.9 Å². The topological polar surface area (TPSA) is 75.2 Å². The van der Waals surface area contributed by atoms with Gasteiger partial charge < -0.3 is 5.32 Å². The van der Waals surface area contributed by atoms with Crippen molar-refractivity contribution in [1.29, 1.82) is 0 Å². The molecule has 1 aliphatic carbocycles. The van der Waals surface area contributed by atoms with Gasteiger partial charge in [0.05, 0.1) is 4.90 Å². The first-order chi connectivity index (χ1) is 13.1. The molecule has 0 amide bonds. The second kappa shape index (κ2) is 7.94. The molecule has 0 unspecified atom stereocenters. The van der Waals surface area contributed by atoms with Gasteiger partial charge in [0, 0.05) is 37.1 Å². The maximum absolute atomic E-state index is 12.6. The number of aromatic nitrogens is 2. The molecule has 2 fully saturated rings. The lowest BCUT2D eigenvalue weighted by Gasteiger charge is -2.22. The van der Waals surface area contributed by atoms with E-state index in [2.05, 4.69) is 15.3 Å². The zero-order chi connectivity index (χ0) is 18.7. The number of nitrogens with one attached hydrogen (secondary N) is 1. The normalized spacial score (nSPS) is 19.3. The van der Waals surface area contributed by atoms with E-state index in [0.717, 1.165) is 24.0 Å². The fourth-order valence-corrected chi connectivity index (χ4v) is 5.40. The third-order valence-corrected chi connectivity index (χ3v) is 7.39. The third kappa shape index (κ3) is 4.14. The van der Waals surface area contributed by atoms with Gasteiger partial charge in [-0.3, -0.25) is 0 Å². The summed E-state index contributed by atoms with van der Waals surface area (Å²) in [6.07, 6.45) is 11.7. The Morgan fingerprint density at radius 1 is 0.852 bits per heavy atom. The van der Waals surface area contributed by atoms with Crippen LogP contribution >= 0.6 is 0 Å². The molecule has 1 aliphatic heterocycles. The number of anilines is 1. The smallest absolute Gasteiger partial charge is 0.243 e. The summed E-state index contributed by atoms with van der Waals surface area (Å²) in [5.41, 5.74) is 1.80. The zero-order valence-electron chi connectivity index (χ0n) is 15.5. The van der Waals surface area contributed by atoms with Crippen LogP contribution in [-0.4, -0.2) is 41.8 Å². The van der Waals surface area contributed by atoms with E-state index in [1.807, 2.05) is 12.1 Å². The Kier molecular flexibility index (Phi) is 5.41. The number of nitrogens with zero attached hydrogens (tertiary/aromatic N) is 3. The molecule has 1 aromatic heterocycles. The van der Waals surface area contributed by atoms with Crippen molar-refractivity contribution in [3.8, 4) is 11.1 Å². The summed E-state index contributed by atoms with van der Waals surface area (Å²) in [5.74, 6) is 0.666. The molecule has 1 saturated heterocycles. The Morgan fingerprint density at radius 2 is 1.48 bits per heavy atom. The zero-order valence-corrected chi connectivity index (χ0v) is 16.3. The molecule has 0 atom stereocenters. The van der Waals surface area contributed by atoms with Gasteiger partial charge in [-0.2, -0.15) is 4.31 Å². The molecule has 6 nitrogen and oxygen atoms in total. The highest BCUT2D eigenvalue weighted by molar-refractivity contribution is 7.89. The van der Waals surface area contributed by atoms with Crippen LogP contribution in [0.4, 0.5) is 5.95 Å². The van der Waals surface area contributed by atoms with Crippen LogP contribution < -0.4 is 5.32 Å². The fourth-order valence-electron chi connectivity index (χ4n) is 3.88. The molecule has 7 heteroatoms. The molecular formula is C20H26N4O2S. The van der Waals surface area contributed by atoms with Crippen molar-refractivity contribution in [2.45, 2.75) is 55.9 Å². The van der Waals surface area contributed by atoms with E-state index in [4.69, 9.17) is 0 Å². The first-order valence-corrected chi connectivity index (χ1v) is 11.3. The highest BCUT2D eigenvalue weighted by Gasteiger charge is 2.26. The number of hydrogen-bond acceptors (Lipinski definition) is 5. The second-order valence-electron chi connectivity index (χ2n) is 7.41. The minimum Gasteiger partial charge on any atom is -0.351 e. The highest BCUT2D eigenvalue weighted by atomic mass is 32.2. The number of benzene rings is 1. The van der Waals surface area contributed by atoms with E-state index in [1.165, 1.54) is 32.1 Å². The molecule has 27 heavy (non-hydrogen) atoms. The Morgan fingerprint density at radius 3 is 2.11 bits per heavy atom. The van der Waals surface area contributed by atoms with Crippen LogP contribution in [0.25, 0.3) is 11.1 Å². The number of sulfonamides is 1. The van der Waals surface area contributed by atoms with Gasteiger partial charge in [-0.25, -0.2) is 18.4 Å². The molecule has 4 rings (SSSR count). The maximum atomic E-state index is 12.6. The van der Waals surface area contributed by atoms with Gasteiger partial charge in [0.25, 0.3) is 0 Å². The largest absolute Gasteiger partial charge is 0.351 e. The molecule has 144 valence electrons. The SMILES string of the molecule is O=S(=O)(c1ccc(-c2cnc(NC3CCCCC3)nc2)cc1)N1CCCC1. The van der Waals surface area contributed by atoms with Gasteiger partial charge in [0.15, 0.2) is 0 Å². The average Bonchev–Trinajstić information content (AvgIpc) is 3.25. The van der Waals surface area contributed by atoms with E-state index >= 15 is 0 Å². The predicted octanol–water partition coefficient (Wildman–Crippen LogP) is 3.67. The van der Waals surface area contributed by atoms with Crippen molar-refractivity contribution in [3.63, 3.8) is 0 Å². The first-order valence-electron chi connectivity index (χ1n) is 9.82. The second-order valence-corrected chi connectivity index (χ2v) is 9.35. The van der Waals surface area contributed by atoms with Gasteiger partial charge >= 0.3 is 0 Å². The molecule has 1 N–H and O–H groups in total. The quantitative estimate of drug-likeness (QED) is 0.848. The average molecular weight is 387 g/mol. The predicted molar refractivity (Wildman–Crippen MR) is 106 cm³/mol. The minimum atomic E-state index is -3.37. The number of hydrogen-bond donors (Lipinski definition) is 1. The highest BCUT2D eigenvalue weighted by Crippen LogP contribution is 2.25. The van der Waals surface area contributed by atoms with Crippen molar-refractivity contribution < 1.29 is 8.42 Å². The maximum Gasteiger partial charge on any atom is 0.243 e. The van der Waals surface area contributed by atoms with Gasteiger partial charge in [0.1, 0.15) is 0 Å². The molecule has 0 radical (unpaired) electrons. The molecule has 2 heterocycles. The molecular weight excluding hydrogens is 360 g/mol. The van der Waals surface area contributed by atoms with Crippen LogP contribution in [0, 0.1) is 0 Å². The van der Waals surface area contributed by atoms with Crippen LogP contribution in [0.5, 0.6) is 0 Å². The van der Waals surface area contributed by atoms with Crippen molar-refractivity contribution in [1.82, 2.24) is 14.3 Å². The Bertz CT molecular complexity index is 854. The van der Waals surface area contributed by atoms with Crippen LogP contribution in [0.2, 0.25) is 0 Å². The Labute approximate surface area is 161 Å². The van der Waals surface area contributed by atoms with E-state index < -0.39 is 10.0 Å². The number of rotatable bonds is 5. The fraction of sp³-hybridized carbons (Fsp3) is 0.500. The Balaban J connectivity index is 1.45. The summed E-state index contributed by atoms with van der Waals surface area (Å²) < 4.78 is 26.8. The standard InChI is InChI=1S/C20H26N4O2S/c25-27(26,24-12-4-5-13-24)19-10-8-16(9-11-19)17-14-21-20(22-15-17)23-18-6-2-1-3-7-18/h8-11,14-15,18H,1-7,12-13H2,(H,21,22,23). The molecule has 1 saturated carbocycles. The first kappa shape index (κ1) is 18.4. The summed E-state index contributed by atoms with van der Waals surface area (Å²) in [5, 5.41) is 3.41.